The third kappa shape index (κ3) is 2.00. The fourth-order valence-electron chi connectivity index (χ4n) is 3.65. The number of aliphatic hydroxyl groups is 1. The molecule has 3 saturated carbocycles. The van der Waals surface area contributed by atoms with Crippen molar-refractivity contribution in [3.8, 4) is 0 Å². The molecule has 0 amide bonds. The number of halogens is 6. The Morgan fingerprint density at radius 2 is 1.50 bits per heavy atom. The molecule has 3 aliphatic rings. The minimum atomic E-state index is -4.57. The molecule has 2 bridgehead atoms. The van der Waals surface area contributed by atoms with Crippen LogP contribution in [0.3, 0.4) is 0 Å². The first-order valence-electron chi connectivity index (χ1n) is 7.59. The molecule has 0 atom stereocenters. The number of benzene rings is 1. The fraction of sp³-hybridized carbons (Fsp3) is 0.529. The van der Waals surface area contributed by atoms with Crippen LogP contribution in [0.5, 0.6) is 0 Å². The summed E-state index contributed by atoms with van der Waals surface area (Å²) in [6.45, 7) is 1.35. The minimum absolute atomic E-state index is 0.0556. The molecular formula is C17H16F6O. The van der Waals surface area contributed by atoms with Crippen molar-refractivity contribution in [2.75, 3.05) is 0 Å². The van der Waals surface area contributed by atoms with Gasteiger partial charge in [0.25, 0.3) is 0 Å². The minimum Gasteiger partial charge on any atom is -0.383 e. The first-order valence-corrected chi connectivity index (χ1v) is 7.59. The van der Waals surface area contributed by atoms with E-state index in [1.165, 1.54) is 19.1 Å². The molecule has 1 aromatic rings. The van der Waals surface area contributed by atoms with Gasteiger partial charge in [0.1, 0.15) is 5.60 Å². The quantitative estimate of drug-likeness (QED) is 0.755. The molecule has 0 saturated heterocycles. The third-order valence-electron chi connectivity index (χ3n) is 5.46. The zero-order valence-electron chi connectivity index (χ0n) is 12.9. The van der Waals surface area contributed by atoms with Crippen LogP contribution < -0.4 is 0 Å². The van der Waals surface area contributed by atoms with Gasteiger partial charge in [0.15, 0.2) is 11.6 Å². The number of aryl methyl sites for hydroxylation is 1. The Bertz CT molecular complexity index is 701. The lowest BCUT2D eigenvalue weighted by Gasteiger charge is -2.58. The van der Waals surface area contributed by atoms with Crippen LogP contribution >= 0.6 is 0 Å². The van der Waals surface area contributed by atoms with Crippen molar-refractivity contribution in [2.45, 2.75) is 50.1 Å². The Morgan fingerprint density at radius 3 is 2.08 bits per heavy atom. The predicted octanol–water partition coefficient (Wildman–Crippen LogP) is 4.86. The Kier molecular flexibility index (Phi) is 3.61. The van der Waals surface area contributed by atoms with Crippen LogP contribution in [0.25, 0.3) is 6.08 Å². The number of rotatable bonds is 2. The highest BCUT2D eigenvalue weighted by atomic mass is 19.3. The molecule has 24 heavy (non-hydrogen) atoms. The van der Waals surface area contributed by atoms with Crippen molar-refractivity contribution in [1.82, 2.24) is 0 Å². The van der Waals surface area contributed by atoms with Crippen LogP contribution in [-0.4, -0.2) is 22.6 Å². The molecule has 0 heterocycles. The van der Waals surface area contributed by atoms with Gasteiger partial charge >= 0.3 is 11.8 Å². The second kappa shape index (κ2) is 5.00. The van der Waals surface area contributed by atoms with E-state index in [-0.39, 0.29) is 24.0 Å². The molecule has 1 nitrogen and oxygen atoms in total. The van der Waals surface area contributed by atoms with Gasteiger partial charge in [-0.3, -0.25) is 0 Å². The number of hydrogen-bond acceptors (Lipinski definition) is 1. The summed E-state index contributed by atoms with van der Waals surface area (Å²) in [5, 5.41) is 9.83. The van der Waals surface area contributed by atoms with E-state index in [2.05, 4.69) is 0 Å². The largest absolute Gasteiger partial charge is 0.383 e. The van der Waals surface area contributed by atoms with Crippen LogP contribution in [0.2, 0.25) is 0 Å². The Hall–Kier alpha value is -1.50. The van der Waals surface area contributed by atoms with Gasteiger partial charge in [-0.2, -0.15) is 17.6 Å². The van der Waals surface area contributed by atoms with E-state index in [1.807, 2.05) is 0 Å². The zero-order chi connectivity index (χ0) is 18.0. The number of alkyl halides is 4. The number of hydrogen-bond donors (Lipinski definition) is 1. The van der Waals surface area contributed by atoms with Gasteiger partial charge in [0.2, 0.25) is 0 Å². The lowest BCUT2D eigenvalue weighted by atomic mass is 9.54. The molecule has 7 heteroatoms. The Morgan fingerprint density at radius 1 is 0.917 bits per heavy atom. The molecular weight excluding hydrogens is 334 g/mol. The van der Waals surface area contributed by atoms with Crippen LogP contribution in [0, 0.1) is 24.0 Å². The van der Waals surface area contributed by atoms with E-state index in [0.717, 1.165) is 12.2 Å². The van der Waals surface area contributed by atoms with Gasteiger partial charge in [0, 0.05) is 5.56 Å². The van der Waals surface area contributed by atoms with Gasteiger partial charge in [-0.1, -0.05) is 24.3 Å². The molecule has 4 rings (SSSR count). The summed E-state index contributed by atoms with van der Waals surface area (Å²) in [4.78, 5) is 0. The van der Waals surface area contributed by atoms with Gasteiger partial charge in [-0.15, -0.1) is 0 Å². The molecule has 1 N–H and O–H groups in total. The topological polar surface area (TPSA) is 20.2 Å². The normalized spacial score (nSPS) is 34.0. The maximum atomic E-state index is 14.4. The van der Waals surface area contributed by atoms with Crippen LogP contribution in [0.1, 0.15) is 36.8 Å². The smallest absolute Gasteiger partial charge is 0.338 e. The Labute approximate surface area is 135 Å². The van der Waals surface area contributed by atoms with Gasteiger partial charge in [-0.25, -0.2) is 8.78 Å². The maximum Gasteiger partial charge on any atom is 0.338 e. The second-order valence-corrected chi connectivity index (χ2v) is 6.77. The number of fused-ring (bicyclic) bond motifs is 3. The molecule has 0 aliphatic heterocycles. The van der Waals surface area contributed by atoms with Crippen molar-refractivity contribution >= 4 is 6.08 Å². The SMILES string of the molecule is Cc1ccc(/C=C/C23CCC(O)(CC2)C(F)(F)C3(F)F)c(F)c1F. The molecule has 132 valence electrons. The zero-order valence-corrected chi connectivity index (χ0v) is 12.9. The molecule has 0 spiro atoms. The molecule has 1 aromatic carbocycles. The summed E-state index contributed by atoms with van der Waals surface area (Å²) >= 11 is 0. The molecule has 3 aliphatic carbocycles. The van der Waals surface area contributed by atoms with E-state index in [4.69, 9.17) is 0 Å². The van der Waals surface area contributed by atoms with E-state index in [9.17, 15) is 31.4 Å². The first-order chi connectivity index (χ1) is 11.0. The van der Waals surface area contributed by atoms with Gasteiger partial charge < -0.3 is 5.11 Å². The monoisotopic (exact) mass is 350 g/mol. The van der Waals surface area contributed by atoms with E-state index in [0.29, 0.717) is 0 Å². The van der Waals surface area contributed by atoms with Crippen molar-refractivity contribution in [2.24, 2.45) is 5.41 Å². The summed E-state index contributed by atoms with van der Waals surface area (Å²) < 4.78 is 84.3. The fourth-order valence-corrected chi connectivity index (χ4v) is 3.65. The maximum absolute atomic E-state index is 14.4. The molecule has 0 aromatic heterocycles. The van der Waals surface area contributed by atoms with Crippen molar-refractivity contribution < 1.29 is 31.4 Å². The van der Waals surface area contributed by atoms with E-state index >= 15 is 0 Å². The highest BCUT2D eigenvalue weighted by Crippen LogP contribution is 2.67. The lowest BCUT2D eigenvalue weighted by Crippen LogP contribution is -2.72. The standard InChI is InChI=1S/C17H16F6O/c1-10-2-3-11(13(19)12(10)18)4-5-14-6-8-15(24,9-7-14)17(22,23)16(14,20)21/h2-5,24H,6-9H2,1H3/b5-4+. The summed E-state index contributed by atoms with van der Waals surface area (Å²) in [6, 6.07) is 2.49. The summed E-state index contributed by atoms with van der Waals surface area (Å²) in [7, 11) is 0. The van der Waals surface area contributed by atoms with Crippen LogP contribution in [-0.2, 0) is 0 Å². The summed E-state index contributed by atoms with van der Waals surface area (Å²) in [5.41, 5.74) is -5.12. The van der Waals surface area contributed by atoms with Gasteiger partial charge in [-0.05, 0) is 38.2 Å². The van der Waals surface area contributed by atoms with Crippen molar-refractivity contribution in [3.63, 3.8) is 0 Å². The molecule has 0 unspecified atom stereocenters. The van der Waals surface area contributed by atoms with E-state index in [1.54, 1.807) is 0 Å². The summed E-state index contributed by atoms with van der Waals surface area (Å²) in [6.07, 6.45) is 0.150. The van der Waals surface area contributed by atoms with E-state index < -0.39 is 47.3 Å². The third-order valence-corrected chi connectivity index (χ3v) is 5.46. The summed E-state index contributed by atoms with van der Waals surface area (Å²) in [5.74, 6) is -11.4. The van der Waals surface area contributed by atoms with Crippen LogP contribution in [0.4, 0.5) is 26.3 Å². The predicted molar refractivity (Wildman–Crippen MR) is 75.9 cm³/mol. The van der Waals surface area contributed by atoms with Gasteiger partial charge in [0.05, 0.1) is 5.41 Å². The second-order valence-electron chi connectivity index (χ2n) is 6.77. The van der Waals surface area contributed by atoms with Crippen molar-refractivity contribution in [3.05, 3.63) is 41.0 Å². The van der Waals surface area contributed by atoms with Crippen LogP contribution in [0.15, 0.2) is 18.2 Å². The lowest BCUT2D eigenvalue weighted by molar-refractivity contribution is -0.372. The first kappa shape index (κ1) is 17.3. The average molecular weight is 350 g/mol. The highest BCUT2D eigenvalue weighted by molar-refractivity contribution is 5.53. The molecule has 0 radical (unpaired) electrons. The van der Waals surface area contributed by atoms with Crippen molar-refractivity contribution in [1.29, 1.82) is 0 Å². The average Bonchev–Trinajstić information content (AvgIpc) is 2.52. The highest BCUT2D eigenvalue weighted by Gasteiger charge is 2.80. The Balaban J connectivity index is 2.02. The number of allylic oxidation sites excluding steroid dienone is 1. The molecule has 3 fully saturated rings.